The minimum Gasteiger partial charge on any atom is -0.461 e. The molecule has 160 valence electrons. The number of esters is 1. The molecule has 0 fully saturated rings. The summed E-state index contributed by atoms with van der Waals surface area (Å²) >= 11 is 2.82. The zero-order valence-corrected chi connectivity index (χ0v) is 18.7. The van der Waals surface area contributed by atoms with Gasteiger partial charge in [-0.05, 0) is 31.2 Å². The fourth-order valence-corrected chi connectivity index (χ4v) is 4.51. The number of nitrogens with two attached hydrogens (primary N) is 1. The van der Waals surface area contributed by atoms with Gasteiger partial charge in [-0.25, -0.2) is 14.8 Å². The van der Waals surface area contributed by atoms with Gasteiger partial charge in [0.2, 0.25) is 0 Å². The van der Waals surface area contributed by atoms with E-state index >= 15 is 0 Å². The molecule has 9 nitrogen and oxygen atoms in total. The Hall–Kier alpha value is -3.44. The predicted octanol–water partition coefficient (Wildman–Crippen LogP) is 4.49. The summed E-state index contributed by atoms with van der Waals surface area (Å²) in [5, 5.41) is 10.2. The second-order valence-electron chi connectivity index (χ2n) is 6.63. The van der Waals surface area contributed by atoms with Gasteiger partial charge in [0.15, 0.2) is 16.6 Å². The number of hydrogen-bond acceptors (Lipinski definition) is 11. The number of nitrogens with zero attached hydrogens (tertiary/aromatic N) is 4. The fourth-order valence-electron chi connectivity index (χ4n) is 2.69. The van der Waals surface area contributed by atoms with E-state index in [1.807, 2.05) is 48.6 Å². The fraction of sp³-hybridized carbons (Fsp3) is 0.200. The summed E-state index contributed by atoms with van der Waals surface area (Å²) in [6, 6.07) is 9.53. The lowest BCUT2D eigenvalue weighted by Gasteiger charge is -2.12. The summed E-state index contributed by atoms with van der Waals surface area (Å²) in [6.07, 6.45) is 0. The number of ether oxygens (including phenoxy) is 1. The van der Waals surface area contributed by atoms with Gasteiger partial charge in [-0.2, -0.15) is 0 Å². The zero-order valence-electron chi connectivity index (χ0n) is 17.1. The lowest BCUT2D eigenvalue weighted by atomic mass is 10.2. The third kappa shape index (κ3) is 4.52. The topological polar surface area (TPSA) is 119 Å². The summed E-state index contributed by atoms with van der Waals surface area (Å²) in [5.74, 6) is 0.241. The predicted molar refractivity (Wildman–Crippen MR) is 123 cm³/mol. The molecular weight excluding hydrogens is 436 g/mol. The van der Waals surface area contributed by atoms with Gasteiger partial charge in [-0.15, -0.1) is 11.3 Å². The number of nitrogen functional groups attached to an aromatic ring is 1. The summed E-state index contributed by atoms with van der Waals surface area (Å²) in [6.45, 7) is 2.00. The van der Waals surface area contributed by atoms with Gasteiger partial charge in [0, 0.05) is 36.9 Å². The standard InChI is InChI=1S/C20H20N6O3S2/c1-4-28-19(27)13-9-15(29-25-13)14-10-30-18(23-14)16-17(21)24-20(31-16)22-11-5-7-12(8-6-11)26(2)3/h5-10H,4,21H2,1-3H3,(H,22,24). The second-order valence-corrected chi connectivity index (χ2v) is 8.49. The summed E-state index contributed by atoms with van der Waals surface area (Å²) in [7, 11) is 3.99. The number of thiazole rings is 2. The molecule has 0 radical (unpaired) electrons. The van der Waals surface area contributed by atoms with Gasteiger partial charge in [0.1, 0.15) is 21.4 Å². The molecule has 0 amide bonds. The van der Waals surface area contributed by atoms with E-state index in [1.54, 1.807) is 6.92 Å². The first kappa shape index (κ1) is 20.8. The van der Waals surface area contributed by atoms with Gasteiger partial charge in [-0.1, -0.05) is 16.5 Å². The first-order valence-electron chi connectivity index (χ1n) is 9.35. The van der Waals surface area contributed by atoms with Gasteiger partial charge in [-0.3, -0.25) is 0 Å². The summed E-state index contributed by atoms with van der Waals surface area (Å²) in [5.41, 5.74) is 8.83. The van der Waals surface area contributed by atoms with Crippen LogP contribution in [-0.2, 0) is 4.74 Å². The van der Waals surface area contributed by atoms with E-state index in [0.29, 0.717) is 27.4 Å². The molecule has 0 bridgehead atoms. The minimum absolute atomic E-state index is 0.107. The first-order chi connectivity index (χ1) is 14.9. The van der Waals surface area contributed by atoms with Crippen molar-refractivity contribution >= 4 is 51.0 Å². The van der Waals surface area contributed by atoms with Gasteiger partial charge in [0.25, 0.3) is 0 Å². The first-order valence-corrected chi connectivity index (χ1v) is 11.0. The maximum atomic E-state index is 11.8. The quantitative estimate of drug-likeness (QED) is 0.388. The van der Waals surface area contributed by atoms with Crippen LogP contribution < -0.4 is 16.0 Å². The van der Waals surface area contributed by atoms with Gasteiger partial charge >= 0.3 is 5.97 Å². The monoisotopic (exact) mass is 456 g/mol. The third-order valence-electron chi connectivity index (χ3n) is 4.23. The van der Waals surface area contributed by atoms with E-state index in [0.717, 1.165) is 16.3 Å². The van der Waals surface area contributed by atoms with Crippen LogP contribution in [0.15, 0.2) is 40.2 Å². The van der Waals surface area contributed by atoms with E-state index in [2.05, 4.69) is 20.4 Å². The summed E-state index contributed by atoms with van der Waals surface area (Å²) in [4.78, 5) is 23.5. The number of benzene rings is 1. The maximum Gasteiger partial charge on any atom is 0.360 e. The highest BCUT2D eigenvalue weighted by atomic mass is 32.1. The Morgan fingerprint density at radius 1 is 1.26 bits per heavy atom. The summed E-state index contributed by atoms with van der Waals surface area (Å²) < 4.78 is 10.2. The lowest BCUT2D eigenvalue weighted by Crippen LogP contribution is -2.08. The lowest BCUT2D eigenvalue weighted by molar-refractivity contribution is 0.0514. The molecule has 4 rings (SSSR count). The third-order valence-corrected chi connectivity index (χ3v) is 6.22. The van der Waals surface area contributed by atoms with Crippen molar-refractivity contribution in [1.29, 1.82) is 0 Å². The van der Waals surface area contributed by atoms with E-state index in [9.17, 15) is 4.79 Å². The number of carbonyl (C=O) groups is 1. The number of anilines is 4. The number of hydrogen-bond donors (Lipinski definition) is 2. The molecule has 0 aliphatic carbocycles. The second kappa shape index (κ2) is 8.74. The van der Waals surface area contributed by atoms with Crippen LogP contribution >= 0.6 is 22.7 Å². The number of aromatic nitrogens is 3. The molecule has 3 N–H and O–H groups in total. The Morgan fingerprint density at radius 2 is 2.03 bits per heavy atom. The van der Waals surface area contributed by atoms with Crippen molar-refractivity contribution in [2.45, 2.75) is 6.92 Å². The van der Waals surface area contributed by atoms with Gasteiger partial charge < -0.3 is 25.2 Å². The van der Waals surface area contributed by atoms with E-state index in [-0.39, 0.29) is 12.3 Å². The Labute approximate surface area is 186 Å². The number of nitrogens with one attached hydrogen (secondary N) is 1. The van der Waals surface area contributed by atoms with Crippen LogP contribution in [0.3, 0.4) is 0 Å². The minimum atomic E-state index is -0.533. The van der Waals surface area contributed by atoms with Crippen LogP contribution in [0.2, 0.25) is 0 Å². The normalized spacial score (nSPS) is 10.8. The molecular formula is C20H20N6O3S2. The highest BCUT2D eigenvalue weighted by Gasteiger charge is 2.19. The largest absolute Gasteiger partial charge is 0.461 e. The molecule has 3 heterocycles. The highest BCUT2D eigenvalue weighted by molar-refractivity contribution is 7.23. The van der Waals surface area contributed by atoms with E-state index < -0.39 is 5.97 Å². The van der Waals surface area contributed by atoms with Crippen LogP contribution in [0, 0.1) is 0 Å². The molecule has 31 heavy (non-hydrogen) atoms. The molecule has 4 aromatic rings. The molecule has 0 aliphatic heterocycles. The van der Waals surface area contributed by atoms with E-state index in [4.69, 9.17) is 15.0 Å². The Balaban J connectivity index is 1.52. The molecule has 0 spiro atoms. The van der Waals surface area contributed by atoms with Crippen LogP contribution in [0.5, 0.6) is 0 Å². The van der Waals surface area contributed by atoms with Crippen molar-refractivity contribution in [3.8, 4) is 21.3 Å². The maximum absolute atomic E-state index is 11.8. The van der Waals surface area contributed by atoms with Gasteiger partial charge in [0.05, 0.1) is 6.61 Å². The van der Waals surface area contributed by atoms with Crippen molar-refractivity contribution in [3.63, 3.8) is 0 Å². The Kier molecular flexibility index (Phi) is 5.87. The molecule has 3 aromatic heterocycles. The number of carbonyl (C=O) groups excluding carboxylic acids is 1. The number of rotatable bonds is 7. The van der Waals surface area contributed by atoms with Crippen LogP contribution in [0.4, 0.5) is 22.3 Å². The molecule has 0 saturated heterocycles. The molecule has 11 heteroatoms. The van der Waals surface area contributed by atoms with E-state index in [1.165, 1.54) is 28.7 Å². The van der Waals surface area contributed by atoms with Crippen LogP contribution in [0.25, 0.3) is 21.3 Å². The van der Waals surface area contributed by atoms with Crippen molar-refractivity contribution in [2.75, 3.05) is 36.7 Å². The van der Waals surface area contributed by atoms with Crippen molar-refractivity contribution in [1.82, 2.24) is 15.1 Å². The Bertz CT molecular complexity index is 1200. The molecule has 0 saturated carbocycles. The SMILES string of the molecule is CCOC(=O)c1cc(-c2csc(-c3sc(Nc4ccc(N(C)C)cc4)nc3N)n2)on1. The van der Waals surface area contributed by atoms with Crippen molar-refractivity contribution in [2.24, 2.45) is 0 Å². The average Bonchev–Trinajstić information content (AvgIpc) is 3.48. The smallest absolute Gasteiger partial charge is 0.360 e. The molecule has 1 aromatic carbocycles. The molecule has 0 aliphatic rings. The van der Waals surface area contributed by atoms with Crippen molar-refractivity contribution < 1.29 is 14.1 Å². The molecule has 0 unspecified atom stereocenters. The van der Waals surface area contributed by atoms with Crippen LogP contribution in [0.1, 0.15) is 17.4 Å². The highest BCUT2D eigenvalue weighted by Crippen LogP contribution is 2.39. The Morgan fingerprint density at radius 3 is 2.74 bits per heavy atom. The average molecular weight is 457 g/mol. The van der Waals surface area contributed by atoms with Crippen LogP contribution in [-0.4, -0.2) is 41.8 Å². The molecule has 0 atom stereocenters. The van der Waals surface area contributed by atoms with Crippen molar-refractivity contribution in [3.05, 3.63) is 41.4 Å². The zero-order chi connectivity index (χ0) is 22.0.